The van der Waals surface area contributed by atoms with E-state index in [4.69, 9.17) is 38.1 Å². The Morgan fingerprint density at radius 3 is 1.24 bits per heavy atom. The number of aliphatic imine (C=N–C) groups is 2. The third kappa shape index (κ3) is 13.5. The first-order valence-corrected chi connectivity index (χ1v) is 20.0. The van der Waals surface area contributed by atoms with Crippen LogP contribution in [0.25, 0.3) is 0 Å². The molecule has 6 aromatic rings. The second kappa shape index (κ2) is 22.9. The average Bonchev–Trinajstić information content (AvgIpc) is 3.30. The molecule has 0 atom stereocenters. The van der Waals surface area contributed by atoms with E-state index in [-0.39, 0.29) is 81.9 Å². The number of methoxy groups -OCH3 is 2. The molecule has 346 valence electrons. The van der Waals surface area contributed by atoms with Gasteiger partial charge in [-0.05, 0) is 58.7 Å². The van der Waals surface area contributed by atoms with E-state index in [2.05, 4.69) is 30.6 Å². The molecule has 0 spiro atoms. The lowest BCUT2D eigenvalue weighted by molar-refractivity contribution is -0.384. The Morgan fingerprint density at radius 1 is 0.576 bits per heavy atom. The second-order valence-corrected chi connectivity index (χ2v) is 14.2. The van der Waals surface area contributed by atoms with E-state index in [1.807, 2.05) is 12.1 Å². The number of nitrogen functional groups attached to an aromatic ring is 1. The van der Waals surface area contributed by atoms with Crippen LogP contribution >= 0.6 is 0 Å². The molecule has 4 aromatic carbocycles. The molecular weight excluding hydrogens is 857 g/mol. The standard InChI is InChI=1S/C21H24N8O5.C21H26N8O3/c1-34-17-8-4-15(5-9-17)12-27-19(25-11-10-24-18(22)23)26-20(30)28(21(27)31)13-14-2-6-16(7-3-14)29(32)33;1-32-17-8-4-15(5-9-17)12-28-19(26-11-10-25-18(23)24)27-20(30)29(21(28)31)13-14-2-6-16(22)7-3-14/h2-9H,10-13H2,1H3,(H4,22,23,24)(H,25,26,30);2-9H,10-13,22H2,1H3,(H4,23,24,25)(H,26,27,30). The minimum Gasteiger partial charge on any atom is -0.497 e. The molecule has 0 saturated heterocycles. The van der Waals surface area contributed by atoms with Crippen molar-refractivity contribution >= 4 is 35.2 Å². The van der Waals surface area contributed by atoms with Gasteiger partial charge in [0, 0.05) is 30.9 Å². The van der Waals surface area contributed by atoms with Gasteiger partial charge in [-0.1, -0.05) is 48.5 Å². The maximum absolute atomic E-state index is 13.3. The number of nitro benzene ring substituents is 1. The van der Waals surface area contributed by atoms with Crippen LogP contribution < -0.4 is 71.5 Å². The lowest BCUT2D eigenvalue weighted by atomic mass is 10.2. The molecule has 0 aliphatic carbocycles. The van der Waals surface area contributed by atoms with Crippen molar-refractivity contribution in [1.82, 2.24) is 28.2 Å². The molecule has 0 aliphatic rings. The highest BCUT2D eigenvalue weighted by Gasteiger charge is 2.17. The third-order valence-electron chi connectivity index (χ3n) is 9.49. The van der Waals surface area contributed by atoms with Crippen LogP contribution in [0.3, 0.4) is 0 Å². The Balaban J connectivity index is 0.000000248. The van der Waals surface area contributed by atoms with E-state index in [9.17, 15) is 29.3 Å². The molecule has 2 aromatic heterocycles. The van der Waals surface area contributed by atoms with Crippen LogP contribution in [0.1, 0.15) is 22.3 Å². The van der Waals surface area contributed by atoms with E-state index in [0.29, 0.717) is 22.7 Å². The van der Waals surface area contributed by atoms with Gasteiger partial charge in [0.2, 0.25) is 11.9 Å². The zero-order chi connectivity index (χ0) is 47.8. The Labute approximate surface area is 375 Å². The molecule has 24 nitrogen and oxygen atoms in total. The van der Waals surface area contributed by atoms with Gasteiger partial charge in [-0.2, -0.15) is 9.97 Å². The first-order chi connectivity index (χ1) is 31.6. The molecule has 0 saturated carbocycles. The molecule has 0 bridgehead atoms. The number of nitro groups is 1. The number of anilines is 3. The fraction of sp³-hybridized carbons (Fsp3) is 0.238. The predicted octanol–water partition coefficient (Wildman–Crippen LogP) is -0.119. The molecule has 6 rings (SSSR count). The first kappa shape index (κ1) is 48.1. The fourth-order valence-corrected chi connectivity index (χ4v) is 6.13. The van der Waals surface area contributed by atoms with Gasteiger partial charge in [0.25, 0.3) is 5.69 Å². The Hall–Kier alpha value is -8.96. The van der Waals surface area contributed by atoms with Crippen LogP contribution in [0.2, 0.25) is 0 Å². The smallest absolute Gasteiger partial charge is 0.355 e. The van der Waals surface area contributed by atoms with E-state index >= 15 is 0 Å². The van der Waals surface area contributed by atoms with Gasteiger partial charge >= 0.3 is 22.8 Å². The summed E-state index contributed by atoms with van der Waals surface area (Å²) >= 11 is 0. The number of nitrogens with zero attached hydrogens (tertiary/aromatic N) is 9. The molecule has 0 amide bonds. The molecule has 24 heteroatoms. The quantitative estimate of drug-likeness (QED) is 0.0139. The van der Waals surface area contributed by atoms with Crippen LogP contribution in [-0.4, -0.2) is 85.5 Å². The van der Waals surface area contributed by atoms with Crippen molar-refractivity contribution in [3.05, 3.63) is 171 Å². The van der Waals surface area contributed by atoms with Crippen molar-refractivity contribution in [2.24, 2.45) is 32.9 Å². The number of guanidine groups is 2. The van der Waals surface area contributed by atoms with Gasteiger partial charge in [0.15, 0.2) is 11.9 Å². The summed E-state index contributed by atoms with van der Waals surface area (Å²) in [7, 11) is 3.13. The summed E-state index contributed by atoms with van der Waals surface area (Å²) in [4.78, 5) is 78.1. The van der Waals surface area contributed by atoms with Gasteiger partial charge in [-0.15, -0.1) is 0 Å². The third-order valence-corrected chi connectivity index (χ3v) is 9.49. The molecule has 0 radical (unpaired) electrons. The SMILES string of the molecule is COc1ccc(Cn2c(NCCN=C(N)N)nc(=O)n(Cc3ccc(N)cc3)c2=O)cc1.COc1ccc(Cn2c(NCCN=C(N)N)nc(=O)n(Cc3ccc([N+](=O)[O-])cc3)c2=O)cc1. The van der Waals surface area contributed by atoms with Crippen LogP contribution in [-0.2, 0) is 26.2 Å². The van der Waals surface area contributed by atoms with Crippen molar-refractivity contribution in [1.29, 1.82) is 0 Å². The summed E-state index contributed by atoms with van der Waals surface area (Å²) in [6.45, 7) is 1.29. The van der Waals surface area contributed by atoms with E-state index < -0.39 is 27.7 Å². The number of rotatable bonds is 19. The Kier molecular flexibility index (Phi) is 16.7. The number of ether oxygens (including phenoxy) is 2. The highest BCUT2D eigenvalue weighted by Crippen LogP contribution is 2.16. The normalized spacial score (nSPS) is 10.5. The van der Waals surface area contributed by atoms with Crippen molar-refractivity contribution in [3.8, 4) is 11.5 Å². The summed E-state index contributed by atoms with van der Waals surface area (Å²) < 4.78 is 15.1. The summed E-state index contributed by atoms with van der Waals surface area (Å²) in [5, 5.41) is 16.8. The van der Waals surface area contributed by atoms with Gasteiger partial charge in [0.1, 0.15) is 11.5 Å². The monoisotopic (exact) mass is 906 g/mol. The molecule has 12 N–H and O–H groups in total. The summed E-state index contributed by atoms with van der Waals surface area (Å²) in [5.41, 5.74) is 27.9. The molecule has 0 unspecified atom stereocenters. The lowest BCUT2D eigenvalue weighted by Gasteiger charge is -2.15. The minimum absolute atomic E-state index is 0.0469. The van der Waals surface area contributed by atoms with E-state index in [1.165, 1.54) is 33.4 Å². The van der Waals surface area contributed by atoms with E-state index in [0.717, 1.165) is 25.8 Å². The second-order valence-electron chi connectivity index (χ2n) is 14.2. The number of aromatic nitrogens is 6. The molecule has 2 heterocycles. The van der Waals surface area contributed by atoms with Crippen molar-refractivity contribution in [2.45, 2.75) is 26.2 Å². The topological polar surface area (TPSA) is 354 Å². The average molecular weight is 907 g/mol. The number of benzene rings is 4. The highest BCUT2D eigenvalue weighted by molar-refractivity contribution is 5.76. The maximum Gasteiger partial charge on any atom is 0.355 e. The van der Waals surface area contributed by atoms with Gasteiger partial charge in [-0.25, -0.2) is 28.3 Å². The zero-order valence-electron chi connectivity index (χ0n) is 36.1. The number of hydrogen-bond donors (Lipinski definition) is 7. The minimum atomic E-state index is -0.765. The van der Waals surface area contributed by atoms with E-state index in [1.54, 1.807) is 74.9 Å². The highest BCUT2D eigenvalue weighted by atomic mass is 16.6. The van der Waals surface area contributed by atoms with Gasteiger partial charge in [-0.3, -0.25) is 29.2 Å². The van der Waals surface area contributed by atoms with Crippen molar-refractivity contribution in [3.63, 3.8) is 0 Å². The van der Waals surface area contributed by atoms with Crippen LogP contribution in [0.15, 0.2) is 126 Å². The predicted molar refractivity (Wildman–Crippen MR) is 250 cm³/mol. The first-order valence-electron chi connectivity index (χ1n) is 20.0. The largest absolute Gasteiger partial charge is 0.497 e. The lowest BCUT2D eigenvalue weighted by Crippen LogP contribution is -2.43. The van der Waals surface area contributed by atoms with Gasteiger partial charge in [0.05, 0.1) is 58.4 Å². The van der Waals surface area contributed by atoms with Crippen LogP contribution in [0, 0.1) is 10.1 Å². The number of hydrogen-bond acceptors (Lipinski definition) is 15. The summed E-state index contributed by atoms with van der Waals surface area (Å²) in [6, 6.07) is 26.9. The number of nitrogens with two attached hydrogens (primary N) is 5. The molecule has 0 aliphatic heterocycles. The molecule has 66 heavy (non-hydrogen) atoms. The van der Waals surface area contributed by atoms with Gasteiger partial charge < -0.3 is 48.8 Å². The molecule has 0 fully saturated rings. The fourth-order valence-electron chi connectivity index (χ4n) is 6.13. The van der Waals surface area contributed by atoms with Crippen LogP contribution in [0.5, 0.6) is 11.5 Å². The maximum atomic E-state index is 13.3. The Bertz CT molecular complexity index is 2880. The number of non-ortho nitro benzene ring substituents is 1. The van der Waals surface area contributed by atoms with Crippen LogP contribution in [0.4, 0.5) is 23.3 Å². The molecular formula is C42H50N16O8. The van der Waals surface area contributed by atoms with Crippen molar-refractivity contribution < 1.29 is 14.4 Å². The zero-order valence-corrected chi connectivity index (χ0v) is 36.1. The van der Waals surface area contributed by atoms with Crippen molar-refractivity contribution in [2.75, 3.05) is 56.8 Å². The summed E-state index contributed by atoms with van der Waals surface area (Å²) in [5.74, 6) is 1.43. The summed E-state index contributed by atoms with van der Waals surface area (Å²) in [6.07, 6.45) is 0. The number of nitrogens with one attached hydrogen (secondary N) is 2. The Morgan fingerprint density at radius 2 is 0.909 bits per heavy atom.